The van der Waals surface area contributed by atoms with Crippen molar-refractivity contribution in [1.29, 1.82) is 0 Å². The zero-order valence-corrected chi connectivity index (χ0v) is 15.2. The summed E-state index contributed by atoms with van der Waals surface area (Å²) in [7, 11) is 0. The number of hydrogen-bond acceptors (Lipinski definition) is 3. The zero-order valence-electron chi connectivity index (χ0n) is 15.2. The molecule has 3 heterocycles. The lowest BCUT2D eigenvalue weighted by atomic mass is 9.93. The normalized spacial score (nSPS) is 23.5. The van der Waals surface area contributed by atoms with Crippen molar-refractivity contribution in [3.05, 3.63) is 23.4 Å². The van der Waals surface area contributed by atoms with E-state index < -0.39 is 0 Å². The fraction of sp³-hybridized carbons (Fsp3) is 0.750. The Bertz CT molecular complexity index is 506. The summed E-state index contributed by atoms with van der Waals surface area (Å²) in [5, 5.41) is 0. The average molecular weight is 316 g/mol. The lowest BCUT2D eigenvalue weighted by molar-refractivity contribution is 0.131. The number of piperidine rings is 2. The van der Waals surface area contributed by atoms with Gasteiger partial charge in [-0.1, -0.05) is 26.3 Å². The van der Waals surface area contributed by atoms with E-state index >= 15 is 0 Å². The molecule has 128 valence electrons. The van der Waals surface area contributed by atoms with Crippen LogP contribution in [0.2, 0.25) is 0 Å². The lowest BCUT2D eigenvalue weighted by Crippen LogP contribution is -2.36. The van der Waals surface area contributed by atoms with Crippen LogP contribution in [0, 0.1) is 12.8 Å². The number of nitrogens with zero attached hydrogens (tertiary/aromatic N) is 3. The first-order valence-corrected chi connectivity index (χ1v) is 9.61. The smallest absolute Gasteiger partial charge is 0.128 e. The maximum absolute atomic E-state index is 4.98. The maximum Gasteiger partial charge on any atom is 0.128 e. The van der Waals surface area contributed by atoms with Crippen molar-refractivity contribution in [3.8, 4) is 0 Å². The molecule has 0 bridgehead atoms. The molecule has 23 heavy (non-hydrogen) atoms. The van der Waals surface area contributed by atoms with Gasteiger partial charge < -0.3 is 4.90 Å². The predicted molar refractivity (Wildman–Crippen MR) is 98.0 cm³/mol. The van der Waals surface area contributed by atoms with Crippen LogP contribution in [0.3, 0.4) is 0 Å². The van der Waals surface area contributed by atoms with Gasteiger partial charge in [-0.05, 0) is 63.1 Å². The van der Waals surface area contributed by atoms with Crippen LogP contribution in [0.5, 0.6) is 0 Å². The monoisotopic (exact) mass is 315 g/mol. The fourth-order valence-electron chi connectivity index (χ4n) is 4.24. The minimum absolute atomic E-state index is 0.578. The van der Waals surface area contributed by atoms with E-state index in [0.717, 1.165) is 5.92 Å². The van der Waals surface area contributed by atoms with E-state index in [-0.39, 0.29) is 0 Å². The summed E-state index contributed by atoms with van der Waals surface area (Å²) in [5.41, 5.74) is 2.71. The highest BCUT2D eigenvalue weighted by molar-refractivity contribution is 5.42. The number of pyridine rings is 1. The molecular weight excluding hydrogens is 282 g/mol. The van der Waals surface area contributed by atoms with E-state index in [4.69, 9.17) is 4.98 Å². The van der Waals surface area contributed by atoms with Crippen LogP contribution in [0.1, 0.15) is 69.7 Å². The summed E-state index contributed by atoms with van der Waals surface area (Å²) in [6.45, 7) is 11.7. The van der Waals surface area contributed by atoms with Crippen LogP contribution >= 0.6 is 0 Å². The zero-order chi connectivity index (χ0) is 16.2. The van der Waals surface area contributed by atoms with Gasteiger partial charge in [0.2, 0.25) is 0 Å². The summed E-state index contributed by atoms with van der Waals surface area (Å²) >= 11 is 0. The highest BCUT2D eigenvalue weighted by atomic mass is 15.2. The van der Waals surface area contributed by atoms with Crippen molar-refractivity contribution in [1.82, 2.24) is 9.88 Å². The van der Waals surface area contributed by atoms with Gasteiger partial charge in [0.25, 0.3) is 0 Å². The number of likely N-dealkylation sites (tertiary alicyclic amines) is 1. The van der Waals surface area contributed by atoms with Crippen molar-refractivity contribution in [2.75, 3.05) is 31.1 Å². The fourth-order valence-corrected chi connectivity index (χ4v) is 4.24. The molecule has 1 aromatic rings. The first-order valence-electron chi connectivity index (χ1n) is 9.61. The number of aromatic nitrogens is 1. The Balaban J connectivity index is 1.78. The summed E-state index contributed by atoms with van der Waals surface area (Å²) in [6.07, 6.45) is 7.99. The molecule has 3 nitrogen and oxygen atoms in total. The van der Waals surface area contributed by atoms with Crippen molar-refractivity contribution in [3.63, 3.8) is 0 Å². The van der Waals surface area contributed by atoms with E-state index in [1.54, 1.807) is 0 Å². The molecular formula is C20H33N3. The van der Waals surface area contributed by atoms with Crippen molar-refractivity contribution < 1.29 is 0 Å². The van der Waals surface area contributed by atoms with Gasteiger partial charge in [0.05, 0.1) is 0 Å². The van der Waals surface area contributed by atoms with E-state index in [9.17, 15) is 0 Å². The molecule has 0 radical (unpaired) electrons. The molecule has 1 aromatic heterocycles. The second-order valence-corrected chi connectivity index (χ2v) is 7.79. The van der Waals surface area contributed by atoms with E-state index in [0.29, 0.717) is 6.04 Å². The molecule has 2 fully saturated rings. The lowest BCUT2D eigenvalue weighted by Gasteiger charge is -2.38. The van der Waals surface area contributed by atoms with Crippen molar-refractivity contribution >= 4 is 5.82 Å². The number of anilines is 1. The third kappa shape index (κ3) is 4.06. The first kappa shape index (κ1) is 16.8. The Hall–Kier alpha value is -1.09. The minimum Gasteiger partial charge on any atom is -0.357 e. The first-order chi connectivity index (χ1) is 11.1. The largest absolute Gasteiger partial charge is 0.357 e. The Kier molecular flexibility index (Phi) is 5.58. The van der Waals surface area contributed by atoms with Gasteiger partial charge in [-0.2, -0.15) is 0 Å². The predicted octanol–water partition coefficient (Wildman–Crippen LogP) is 4.56. The quantitative estimate of drug-likeness (QED) is 0.812. The van der Waals surface area contributed by atoms with Crippen molar-refractivity contribution in [2.24, 2.45) is 5.92 Å². The van der Waals surface area contributed by atoms with E-state index in [1.165, 1.54) is 81.8 Å². The Labute approximate surface area is 142 Å². The Morgan fingerprint density at radius 1 is 1.04 bits per heavy atom. The molecule has 2 aliphatic heterocycles. The number of aryl methyl sites for hydroxylation is 1. The van der Waals surface area contributed by atoms with Crippen LogP contribution in [-0.2, 0) is 0 Å². The highest BCUT2D eigenvalue weighted by Gasteiger charge is 2.26. The minimum atomic E-state index is 0.578. The average Bonchev–Trinajstić information content (AvgIpc) is 2.56. The summed E-state index contributed by atoms with van der Waals surface area (Å²) in [4.78, 5) is 10.1. The Morgan fingerprint density at radius 2 is 1.78 bits per heavy atom. The molecule has 3 heteroatoms. The van der Waals surface area contributed by atoms with Crippen LogP contribution in [0.15, 0.2) is 12.1 Å². The number of rotatable bonds is 4. The van der Waals surface area contributed by atoms with Gasteiger partial charge in [0.1, 0.15) is 5.82 Å². The maximum atomic E-state index is 4.98. The van der Waals surface area contributed by atoms with Gasteiger partial charge in [0, 0.05) is 31.4 Å². The second kappa shape index (κ2) is 7.65. The SMILES string of the molecule is Cc1nc(N2CCCCC2)ccc1[C@H]1CCCCN1CC(C)C. The van der Waals surface area contributed by atoms with E-state index in [1.807, 2.05) is 0 Å². The third-order valence-electron chi connectivity index (χ3n) is 5.36. The van der Waals surface area contributed by atoms with Gasteiger partial charge in [-0.25, -0.2) is 4.98 Å². The summed E-state index contributed by atoms with van der Waals surface area (Å²) in [5.74, 6) is 1.92. The van der Waals surface area contributed by atoms with E-state index in [2.05, 4.69) is 42.7 Å². The standard InChI is InChI=1S/C20H33N3/c1-16(2)15-23-14-8-5-9-19(23)18-10-11-20(21-17(18)3)22-12-6-4-7-13-22/h10-11,16,19H,4-9,12-15H2,1-3H3/t19-/m1/s1. The van der Waals surface area contributed by atoms with Crippen LogP contribution < -0.4 is 4.90 Å². The third-order valence-corrected chi connectivity index (χ3v) is 5.36. The van der Waals surface area contributed by atoms with Gasteiger partial charge >= 0.3 is 0 Å². The van der Waals surface area contributed by atoms with Gasteiger partial charge in [-0.3, -0.25) is 4.90 Å². The summed E-state index contributed by atoms with van der Waals surface area (Å²) in [6, 6.07) is 5.22. The second-order valence-electron chi connectivity index (χ2n) is 7.79. The summed E-state index contributed by atoms with van der Waals surface area (Å²) < 4.78 is 0. The molecule has 2 saturated heterocycles. The van der Waals surface area contributed by atoms with Crippen LogP contribution in [-0.4, -0.2) is 36.1 Å². The molecule has 0 amide bonds. The highest BCUT2D eigenvalue weighted by Crippen LogP contribution is 2.33. The van der Waals surface area contributed by atoms with Crippen LogP contribution in [0.4, 0.5) is 5.82 Å². The molecule has 0 N–H and O–H groups in total. The molecule has 0 aromatic carbocycles. The molecule has 1 atom stereocenters. The number of hydrogen-bond donors (Lipinski definition) is 0. The van der Waals surface area contributed by atoms with Crippen molar-refractivity contribution in [2.45, 2.75) is 65.3 Å². The molecule has 0 unspecified atom stereocenters. The van der Waals surface area contributed by atoms with Gasteiger partial charge in [-0.15, -0.1) is 0 Å². The topological polar surface area (TPSA) is 19.4 Å². The Morgan fingerprint density at radius 3 is 2.48 bits per heavy atom. The molecule has 0 spiro atoms. The molecule has 3 rings (SSSR count). The molecule has 0 saturated carbocycles. The molecule has 0 aliphatic carbocycles. The van der Waals surface area contributed by atoms with Gasteiger partial charge in [0.15, 0.2) is 0 Å². The van der Waals surface area contributed by atoms with Crippen LogP contribution in [0.25, 0.3) is 0 Å². The molecule has 2 aliphatic rings.